The monoisotopic (exact) mass is 225 g/mol. The SMILES string of the molecule is CC(C)c1ccc(C(=O)NC(C)(C)C)s1. The third-order valence-corrected chi connectivity index (χ3v) is 3.29. The molecule has 1 aromatic heterocycles. The first-order valence-electron chi connectivity index (χ1n) is 5.22. The maximum Gasteiger partial charge on any atom is 0.261 e. The number of hydrogen-bond donors (Lipinski definition) is 1. The van der Waals surface area contributed by atoms with Crippen LogP contribution in [0.25, 0.3) is 0 Å². The molecule has 0 aliphatic rings. The molecule has 84 valence electrons. The Kier molecular flexibility index (Phi) is 3.55. The predicted octanol–water partition coefficient (Wildman–Crippen LogP) is 3.40. The Balaban J connectivity index is 2.75. The third kappa shape index (κ3) is 3.67. The summed E-state index contributed by atoms with van der Waals surface area (Å²) in [5.74, 6) is 0.519. The van der Waals surface area contributed by atoms with Crippen LogP contribution in [0.1, 0.15) is 55.1 Å². The summed E-state index contributed by atoms with van der Waals surface area (Å²) < 4.78 is 0. The van der Waals surface area contributed by atoms with E-state index in [4.69, 9.17) is 0 Å². The van der Waals surface area contributed by atoms with E-state index in [9.17, 15) is 4.79 Å². The van der Waals surface area contributed by atoms with Gasteiger partial charge in [-0.25, -0.2) is 0 Å². The summed E-state index contributed by atoms with van der Waals surface area (Å²) in [7, 11) is 0. The normalized spacial score (nSPS) is 11.9. The van der Waals surface area contributed by atoms with Crippen molar-refractivity contribution >= 4 is 17.2 Å². The van der Waals surface area contributed by atoms with Crippen molar-refractivity contribution in [3.05, 3.63) is 21.9 Å². The summed E-state index contributed by atoms with van der Waals surface area (Å²) in [5, 5.41) is 2.96. The van der Waals surface area contributed by atoms with E-state index in [1.54, 1.807) is 11.3 Å². The van der Waals surface area contributed by atoms with Crippen molar-refractivity contribution < 1.29 is 4.79 Å². The number of amides is 1. The number of carbonyl (C=O) groups is 1. The Bertz CT molecular complexity index is 347. The number of thiophene rings is 1. The van der Waals surface area contributed by atoms with Crippen molar-refractivity contribution in [2.75, 3.05) is 0 Å². The maximum absolute atomic E-state index is 11.8. The van der Waals surface area contributed by atoms with Gasteiger partial charge in [0, 0.05) is 10.4 Å². The van der Waals surface area contributed by atoms with E-state index in [-0.39, 0.29) is 11.4 Å². The Labute approximate surface area is 95.7 Å². The molecule has 1 aromatic rings. The quantitative estimate of drug-likeness (QED) is 0.821. The Morgan fingerprint density at radius 2 is 1.93 bits per heavy atom. The molecule has 1 amide bonds. The second-order valence-electron chi connectivity index (χ2n) is 5.06. The first kappa shape index (κ1) is 12.2. The second kappa shape index (κ2) is 4.35. The highest BCUT2D eigenvalue weighted by atomic mass is 32.1. The van der Waals surface area contributed by atoms with Crippen LogP contribution in [0.2, 0.25) is 0 Å². The molecule has 1 heterocycles. The van der Waals surface area contributed by atoms with Gasteiger partial charge in [0.2, 0.25) is 0 Å². The highest BCUT2D eigenvalue weighted by Gasteiger charge is 2.17. The maximum atomic E-state index is 11.8. The van der Waals surface area contributed by atoms with E-state index >= 15 is 0 Å². The molecule has 0 fully saturated rings. The van der Waals surface area contributed by atoms with Gasteiger partial charge in [0.05, 0.1) is 4.88 Å². The fourth-order valence-electron chi connectivity index (χ4n) is 1.19. The van der Waals surface area contributed by atoms with E-state index in [0.717, 1.165) is 4.88 Å². The summed E-state index contributed by atoms with van der Waals surface area (Å²) in [5.41, 5.74) is -0.168. The molecule has 2 nitrogen and oxygen atoms in total. The molecular weight excluding hydrogens is 206 g/mol. The van der Waals surface area contributed by atoms with E-state index in [1.807, 2.05) is 32.9 Å². The fourth-order valence-corrected chi connectivity index (χ4v) is 2.09. The van der Waals surface area contributed by atoms with Gasteiger partial charge in [-0.3, -0.25) is 4.79 Å². The van der Waals surface area contributed by atoms with Gasteiger partial charge >= 0.3 is 0 Å². The summed E-state index contributed by atoms with van der Waals surface area (Å²) in [6, 6.07) is 3.94. The zero-order valence-corrected chi connectivity index (χ0v) is 10.9. The van der Waals surface area contributed by atoms with Gasteiger partial charge in [-0.1, -0.05) is 13.8 Å². The van der Waals surface area contributed by atoms with Crippen molar-refractivity contribution in [3.63, 3.8) is 0 Å². The van der Waals surface area contributed by atoms with Crippen molar-refractivity contribution in [1.82, 2.24) is 5.32 Å². The number of nitrogens with one attached hydrogen (secondary N) is 1. The minimum absolute atomic E-state index is 0.0272. The van der Waals surface area contributed by atoms with Crippen molar-refractivity contribution in [2.45, 2.75) is 46.1 Å². The minimum atomic E-state index is -0.168. The molecule has 0 aliphatic carbocycles. The van der Waals surface area contributed by atoms with Crippen molar-refractivity contribution in [1.29, 1.82) is 0 Å². The molecule has 1 N–H and O–H groups in total. The fraction of sp³-hybridized carbons (Fsp3) is 0.583. The highest BCUT2D eigenvalue weighted by Crippen LogP contribution is 2.24. The van der Waals surface area contributed by atoms with Gasteiger partial charge in [0.25, 0.3) is 5.91 Å². The molecule has 1 rings (SSSR count). The lowest BCUT2D eigenvalue weighted by atomic mass is 10.1. The van der Waals surface area contributed by atoms with Crippen LogP contribution in [-0.2, 0) is 0 Å². The van der Waals surface area contributed by atoms with Gasteiger partial charge in [0.1, 0.15) is 0 Å². The minimum Gasteiger partial charge on any atom is -0.347 e. The predicted molar refractivity (Wildman–Crippen MR) is 65.6 cm³/mol. The zero-order valence-electron chi connectivity index (χ0n) is 10.0. The number of rotatable bonds is 2. The molecule has 0 bridgehead atoms. The van der Waals surface area contributed by atoms with E-state index < -0.39 is 0 Å². The van der Waals surface area contributed by atoms with Crippen LogP contribution in [0.4, 0.5) is 0 Å². The first-order chi connectivity index (χ1) is 6.79. The summed E-state index contributed by atoms with van der Waals surface area (Å²) in [6.45, 7) is 10.2. The van der Waals surface area contributed by atoms with Crippen LogP contribution in [0.5, 0.6) is 0 Å². The molecule has 0 unspecified atom stereocenters. The molecule has 0 spiro atoms. The number of carbonyl (C=O) groups excluding carboxylic acids is 1. The Hall–Kier alpha value is -0.830. The molecule has 0 saturated heterocycles. The first-order valence-corrected chi connectivity index (χ1v) is 6.03. The van der Waals surface area contributed by atoms with Crippen LogP contribution in [0, 0.1) is 0 Å². The standard InChI is InChI=1S/C12H19NOS/c1-8(2)9-6-7-10(15-9)11(14)13-12(3,4)5/h6-8H,1-5H3,(H,13,14). The lowest BCUT2D eigenvalue weighted by Crippen LogP contribution is -2.40. The topological polar surface area (TPSA) is 29.1 Å². The van der Waals surface area contributed by atoms with Crippen LogP contribution in [0.3, 0.4) is 0 Å². The zero-order chi connectivity index (χ0) is 11.6. The Morgan fingerprint density at radius 1 is 1.33 bits per heavy atom. The van der Waals surface area contributed by atoms with Gasteiger partial charge in [-0.2, -0.15) is 0 Å². The highest BCUT2D eigenvalue weighted by molar-refractivity contribution is 7.14. The van der Waals surface area contributed by atoms with Gasteiger partial charge in [-0.15, -0.1) is 11.3 Å². The molecule has 15 heavy (non-hydrogen) atoms. The second-order valence-corrected chi connectivity index (χ2v) is 6.18. The molecular formula is C12H19NOS. The Morgan fingerprint density at radius 3 is 2.33 bits per heavy atom. The van der Waals surface area contributed by atoms with Crippen molar-refractivity contribution in [2.24, 2.45) is 0 Å². The van der Waals surface area contributed by atoms with E-state index in [1.165, 1.54) is 4.88 Å². The van der Waals surface area contributed by atoms with Crippen LogP contribution in [-0.4, -0.2) is 11.4 Å². The van der Waals surface area contributed by atoms with Gasteiger partial charge in [-0.05, 0) is 38.8 Å². The molecule has 0 aliphatic heterocycles. The summed E-state index contributed by atoms with van der Waals surface area (Å²) in [6.07, 6.45) is 0. The largest absolute Gasteiger partial charge is 0.347 e. The average molecular weight is 225 g/mol. The summed E-state index contributed by atoms with van der Waals surface area (Å²) in [4.78, 5) is 13.9. The van der Waals surface area contributed by atoms with E-state index in [2.05, 4.69) is 19.2 Å². The van der Waals surface area contributed by atoms with Crippen molar-refractivity contribution in [3.8, 4) is 0 Å². The van der Waals surface area contributed by atoms with Crippen LogP contribution in [0.15, 0.2) is 12.1 Å². The molecule has 0 saturated carbocycles. The molecule has 0 atom stereocenters. The summed E-state index contributed by atoms with van der Waals surface area (Å²) >= 11 is 1.58. The molecule has 3 heteroatoms. The number of hydrogen-bond acceptors (Lipinski definition) is 2. The lowest BCUT2D eigenvalue weighted by Gasteiger charge is -2.19. The third-order valence-electron chi connectivity index (χ3n) is 1.91. The smallest absolute Gasteiger partial charge is 0.261 e. The van der Waals surface area contributed by atoms with Crippen LogP contribution < -0.4 is 5.32 Å². The van der Waals surface area contributed by atoms with Crippen LogP contribution >= 0.6 is 11.3 Å². The van der Waals surface area contributed by atoms with Gasteiger partial charge in [0.15, 0.2) is 0 Å². The van der Waals surface area contributed by atoms with Gasteiger partial charge < -0.3 is 5.32 Å². The average Bonchev–Trinajstić information content (AvgIpc) is 2.47. The lowest BCUT2D eigenvalue weighted by molar-refractivity contribution is 0.0924. The molecule has 0 radical (unpaired) electrons. The van der Waals surface area contributed by atoms with E-state index in [0.29, 0.717) is 5.92 Å². The molecule has 0 aromatic carbocycles.